The predicted molar refractivity (Wildman–Crippen MR) is 124 cm³/mol. The smallest absolute Gasteiger partial charge is 0.417 e. The Balaban J connectivity index is 2.09. The number of carbonyl (C=O) groups excluding carboxylic acids is 3. The summed E-state index contributed by atoms with van der Waals surface area (Å²) in [6.07, 6.45) is -6.07. The molecule has 0 aliphatic heterocycles. The minimum atomic E-state index is -4.71. The predicted octanol–water partition coefficient (Wildman–Crippen LogP) is 5.08. The monoisotopic (exact) mass is 514 g/mol. The maximum atomic E-state index is 13.0. The van der Waals surface area contributed by atoms with Crippen molar-refractivity contribution in [3.05, 3.63) is 58.6 Å². The zero-order valence-corrected chi connectivity index (χ0v) is 20.3. The molecule has 0 saturated heterocycles. The number of anilines is 1. The second kappa shape index (κ2) is 11.9. The Labute approximate surface area is 205 Å². The van der Waals surface area contributed by atoms with E-state index in [1.54, 1.807) is 45.0 Å². The average Bonchev–Trinajstić information content (AvgIpc) is 2.78. The van der Waals surface area contributed by atoms with E-state index in [2.05, 4.69) is 10.6 Å². The summed E-state index contributed by atoms with van der Waals surface area (Å²) >= 11 is 5.58. The molecule has 7 nitrogen and oxygen atoms in total. The number of amides is 2. The van der Waals surface area contributed by atoms with E-state index in [1.165, 1.54) is 13.0 Å². The number of nitrogens with one attached hydrogen (secondary N) is 2. The van der Waals surface area contributed by atoms with E-state index in [1.807, 2.05) is 0 Å². The summed E-state index contributed by atoms with van der Waals surface area (Å²) in [7, 11) is 0. The highest BCUT2D eigenvalue weighted by atomic mass is 35.5. The number of esters is 1. The standard InChI is InChI=1S/C24H26ClF3N2O5/c1-5-34-19-9-7-6-8-16(19)22(32)30-20(13(2)3)23(33)35-14(4)21(31)29-15-10-11-18(25)17(12-15)24(26,27)28/h6-14,20H,5H2,1-4H3,(H,29,31)(H,30,32)/t14-,20-/m0/s1. The first-order valence-electron chi connectivity index (χ1n) is 10.8. The molecule has 2 aromatic carbocycles. The minimum Gasteiger partial charge on any atom is -0.493 e. The van der Waals surface area contributed by atoms with Crippen molar-refractivity contribution < 1.29 is 37.0 Å². The fourth-order valence-electron chi connectivity index (χ4n) is 3.02. The molecule has 35 heavy (non-hydrogen) atoms. The van der Waals surface area contributed by atoms with Gasteiger partial charge < -0.3 is 20.1 Å². The van der Waals surface area contributed by atoms with E-state index < -0.39 is 52.6 Å². The molecule has 190 valence electrons. The van der Waals surface area contributed by atoms with Crippen LogP contribution in [0.15, 0.2) is 42.5 Å². The van der Waals surface area contributed by atoms with Crippen molar-refractivity contribution in [1.29, 1.82) is 0 Å². The van der Waals surface area contributed by atoms with E-state index in [-0.39, 0.29) is 11.3 Å². The van der Waals surface area contributed by atoms with Crippen LogP contribution in [-0.4, -0.2) is 36.5 Å². The van der Waals surface area contributed by atoms with Crippen molar-refractivity contribution in [3.8, 4) is 5.75 Å². The zero-order chi connectivity index (χ0) is 26.3. The van der Waals surface area contributed by atoms with Crippen LogP contribution in [0.5, 0.6) is 5.75 Å². The summed E-state index contributed by atoms with van der Waals surface area (Å²) in [5, 5.41) is 4.34. The lowest BCUT2D eigenvalue weighted by atomic mass is 10.0. The maximum absolute atomic E-state index is 13.0. The van der Waals surface area contributed by atoms with Gasteiger partial charge in [0.05, 0.1) is 22.8 Å². The van der Waals surface area contributed by atoms with Gasteiger partial charge in [-0.2, -0.15) is 13.2 Å². The van der Waals surface area contributed by atoms with E-state index in [0.717, 1.165) is 6.07 Å². The molecular weight excluding hydrogens is 489 g/mol. The molecule has 0 spiro atoms. The second-order valence-corrected chi connectivity index (χ2v) is 8.29. The number of hydrogen-bond donors (Lipinski definition) is 2. The largest absolute Gasteiger partial charge is 0.493 e. The number of hydrogen-bond acceptors (Lipinski definition) is 5. The summed E-state index contributed by atoms with van der Waals surface area (Å²) in [6.45, 7) is 6.72. The third-order valence-electron chi connectivity index (χ3n) is 4.84. The molecule has 0 bridgehead atoms. The summed E-state index contributed by atoms with van der Waals surface area (Å²) in [5.41, 5.74) is -1.06. The molecule has 2 rings (SSSR count). The fourth-order valence-corrected chi connectivity index (χ4v) is 3.24. The van der Waals surface area contributed by atoms with Crippen molar-refractivity contribution in [2.75, 3.05) is 11.9 Å². The molecule has 2 aromatic rings. The summed E-state index contributed by atoms with van der Waals surface area (Å²) in [5.74, 6) is -2.35. The number of benzene rings is 2. The summed E-state index contributed by atoms with van der Waals surface area (Å²) in [6, 6.07) is 8.29. The van der Waals surface area contributed by atoms with Gasteiger partial charge in [0.1, 0.15) is 11.8 Å². The van der Waals surface area contributed by atoms with Crippen LogP contribution in [0, 0.1) is 5.92 Å². The Morgan fingerprint density at radius 2 is 1.71 bits per heavy atom. The molecule has 0 aromatic heterocycles. The first-order chi connectivity index (χ1) is 16.3. The SMILES string of the molecule is CCOc1ccccc1C(=O)N[C@H](C(=O)O[C@@H](C)C(=O)Nc1ccc(Cl)c(C(F)(F)F)c1)C(C)C. The number of alkyl halides is 3. The van der Waals surface area contributed by atoms with E-state index in [4.69, 9.17) is 21.1 Å². The maximum Gasteiger partial charge on any atom is 0.417 e. The molecule has 0 saturated carbocycles. The van der Waals surface area contributed by atoms with Crippen LogP contribution >= 0.6 is 11.6 Å². The van der Waals surface area contributed by atoms with E-state index >= 15 is 0 Å². The lowest BCUT2D eigenvalue weighted by molar-refractivity contribution is -0.156. The van der Waals surface area contributed by atoms with E-state index in [9.17, 15) is 27.6 Å². The molecule has 0 unspecified atom stereocenters. The van der Waals surface area contributed by atoms with Crippen LogP contribution in [0.3, 0.4) is 0 Å². The van der Waals surface area contributed by atoms with Gasteiger partial charge in [-0.15, -0.1) is 0 Å². The third kappa shape index (κ3) is 7.61. The Morgan fingerprint density at radius 3 is 2.31 bits per heavy atom. The lowest BCUT2D eigenvalue weighted by Gasteiger charge is -2.23. The first-order valence-corrected chi connectivity index (χ1v) is 11.1. The average molecular weight is 515 g/mol. The molecular formula is C24H26ClF3N2O5. The van der Waals surface area contributed by atoms with Crippen molar-refractivity contribution in [1.82, 2.24) is 5.32 Å². The highest BCUT2D eigenvalue weighted by molar-refractivity contribution is 6.31. The van der Waals surface area contributed by atoms with Crippen molar-refractivity contribution >= 4 is 35.1 Å². The normalized spacial score (nSPS) is 13.1. The van der Waals surface area contributed by atoms with Gasteiger partial charge >= 0.3 is 12.1 Å². The molecule has 0 heterocycles. The lowest BCUT2D eigenvalue weighted by Crippen LogP contribution is -2.47. The second-order valence-electron chi connectivity index (χ2n) is 7.89. The number of carbonyl (C=O) groups is 3. The fraction of sp³-hybridized carbons (Fsp3) is 0.375. The Bertz CT molecular complexity index is 1080. The van der Waals surface area contributed by atoms with Crippen LogP contribution in [-0.2, 0) is 20.5 Å². The van der Waals surface area contributed by atoms with Gasteiger partial charge in [0.25, 0.3) is 11.8 Å². The van der Waals surface area contributed by atoms with Gasteiger partial charge in [0, 0.05) is 5.69 Å². The molecule has 2 amide bonds. The molecule has 2 N–H and O–H groups in total. The number of halogens is 4. The molecule has 0 radical (unpaired) electrons. The first kappa shape index (κ1) is 28.0. The Morgan fingerprint density at radius 1 is 1.06 bits per heavy atom. The van der Waals surface area contributed by atoms with Crippen LogP contribution in [0.2, 0.25) is 5.02 Å². The van der Waals surface area contributed by atoms with Crippen LogP contribution in [0.4, 0.5) is 18.9 Å². The summed E-state index contributed by atoms with van der Waals surface area (Å²) < 4.78 is 49.8. The molecule has 2 atom stereocenters. The number of ether oxygens (including phenoxy) is 2. The van der Waals surface area contributed by atoms with E-state index in [0.29, 0.717) is 18.4 Å². The van der Waals surface area contributed by atoms with Gasteiger partial charge in [0.2, 0.25) is 0 Å². The highest BCUT2D eigenvalue weighted by Crippen LogP contribution is 2.36. The number of rotatable bonds is 9. The van der Waals surface area contributed by atoms with Gasteiger partial charge in [0.15, 0.2) is 6.10 Å². The Hall–Kier alpha value is -3.27. The van der Waals surface area contributed by atoms with Gasteiger partial charge in [-0.05, 0) is 50.1 Å². The van der Waals surface area contributed by atoms with Crippen molar-refractivity contribution in [2.45, 2.75) is 46.0 Å². The topological polar surface area (TPSA) is 93.7 Å². The highest BCUT2D eigenvalue weighted by Gasteiger charge is 2.34. The molecule has 11 heteroatoms. The van der Waals surface area contributed by atoms with Crippen molar-refractivity contribution in [3.63, 3.8) is 0 Å². The zero-order valence-electron chi connectivity index (χ0n) is 19.5. The molecule has 0 aliphatic rings. The van der Waals surface area contributed by atoms with Crippen LogP contribution in [0.25, 0.3) is 0 Å². The van der Waals surface area contributed by atoms with Gasteiger partial charge in [-0.3, -0.25) is 9.59 Å². The minimum absolute atomic E-state index is 0.170. The molecule has 0 aliphatic carbocycles. The summed E-state index contributed by atoms with van der Waals surface area (Å²) in [4.78, 5) is 38.0. The van der Waals surface area contributed by atoms with Crippen LogP contribution < -0.4 is 15.4 Å². The van der Waals surface area contributed by atoms with Crippen molar-refractivity contribution in [2.24, 2.45) is 5.92 Å². The van der Waals surface area contributed by atoms with Crippen LogP contribution in [0.1, 0.15) is 43.6 Å². The van der Waals surface area contributed by atoms with Gasteiger partial charge in [-0.1, -0.05) is 37.6 Å². The Kier molecular flexibility index (Phi) is 9.53. The quantitative estimate of drug-likeness (QED) is 0.455. The van der Waals surface area contributed by atoms with Gasteiger partial charge in [-0.25, -0.2) is 4.79 Å². The third-order valence-corrected chi connectivity index (χ3v) is 5.17. The molecule has 0 fully saturated rings. The number of para-hydroxylation sites is 1.